The molecule has 90 valence electrons. The van der Waals surface area contributed by atoms with Gasteiger partial charge < -0.3 is 10.6 Å². The van der Waals surface area contributed by atoms with E-state index < -0.39 is 0 Å². The Balaban J connectivity index is 2.08. The molecule has 0 fully saturated rings. The Labute approximate surface area is 96.2 Å². The highest BCUT2D eigenvalue weighted by atomic mass is 16.1. The molecule has 2 N–H and O–H groups in total. The van der Waals surface area contributed by atoms with Crippen LogP contribution in [0.4, 0.5) is 0 Å². The number of nitrogens with one attached hydrogen (secondary N) is 2. The maximum atomic E-state index is 11.3. The van der Waals surface area contributed by atoms with Crippen LogP contribution in [0.15, 0.2) is 12.3 Å². The van der Waals surface area contributed by atoms with Gasteiger partial charge >= 0.3 is 0 Å². The van der Waals surface area contributed by atoms with Gasteiger partial charge in [0.2, 0.25) is 5.91 Å². The highest BCUT2D eigenvalue weighted by molar-refractivity contribution is 5.77. The molecule has 0 aromatic carbocycles. The minimum absolute atomic E-state index is 0.0457. The second kappa shape index (κ2) is 7.00. The molecule has 5 nitrogen and oxygen atoms in total. The van der Waals surface area contributed by atoms with E-state index in [1.165, 1.54) is 0 Å². The lowest BCUT2D eigenvalue weighted by molar-refractivity contribution is -0.120. The number of hydrogen-bond donors (Lipinski definition) is 2. The summed E-state index contributed by atoms with van der Waals surface area (Å²) in [5.74, 6) is 0.0457. The topological polar surface area (TPSA) is 59.0 Å². The van der Waals surface area contributed by atoms with Crippen LogP contribution in [0.2, 0.25) is 0 Å². The molecule has 1 aromatic rings. The highest BCUT2D eigenvalue weighted by Crippen LogP contribution is 1.93. The third-order valence-corrected chi connectivity index (χ3v) is 2.18. The van der Waals surface area contributed by atoms with Crippen molar-refractivity contribution in [1.29, 1.82) is 0 Å². The summed E-state index contributed by atoms with van der Waals surface area (Å²) in [4.78, 5) is 11.3. The van der Waals surface area contributed by atoms with E-state index in [1.54, 1.807) is 4.68 Å². The van der Waals surface area contributed by atoms with Crippen molar-refractivity contribution in [2.45, 2.75) is 19.8 Å². The molecule has 0 aliphatic heterocycles. The van der Waals surface area contributed by atoms with Crippen LogP contribution in [0.1, 0.15) is 19.0 Å². The van der Waals surface area contributed by atoms with Gasteiger partial charge in [-0.2, -0.15) is 5.10 Å². The van der Waals surface area contributed by atoms with Crippen molar-refractivity contribution >= 4 is 5.91 Å². The number of carbonyl (C=O) groups is 1. The highest BCUT2D eigenvalue weighted by Gasteiger charge is 2.00. The molecular weight excluding hydrogens is 204 g/mol. The molecule has 0 saturated carbocycles. The molecule has 0 bridgehead atoms. The molecule has 1 rings (SSSR count). The molecule has 0 saturated heterocycles. The Hall–Kier alpha value is -1.36. The van der Waals surface area contributed by atoms with Gasteiger partial charge in [0, 0.05) is 26.2 Å². The molecule has 5 heteroatoms. The van der Waals surface area contributed by atoms with Crippen molar-refractivity contribution in [1.82, 2.24) is 20.4 Å². The molecule has 0 spiro atoms. The first-order chi connectivity index (χ1) is 7.72. The molecular formula is C11H20N4O. The molecule has 16 heavy (non-hydrogen) atoms. The fourth-order valence-corrected chi connectivity index (χ4v) is 1.37. The monoisotopic (exact) mass is 224 g/mol. The van der Waals surface area contributed by atoms with E-state index in [1.807, 2.05) is 19.3 Å². The third kappa shape index (κ3) is 4.93. The van der Waals surface area contributed by atoms with E-state index in [0.717, 1.165) is 25.1 Å². The molecule has 0 radical (unpaired) electrons. The van der Waals surface area contributed by atoms with Gasteiger partial charge in [-0.1, -0.05) is 6.92 Å². The number of aryl methyl sites for hydroxylation is 1. The molecule has 0 unspecified atom stereocenters. The Bertz CT molecular complexity index is 322. The van der Waals surface area contributed by atoms with E-state index in [4.69, 9.17) is 0 Å². The minimum Gasteiger partial charge on any atom is -0.355 e. The average Bonchev–Trinajstić information content (AvgIpc) is 2.65. The summed E-state index contributed by atoms with van der Waals surface area (Å²) in [6, 6.07) is 1.96. The maximum absolute atomic E-state index is 11.3. The second-order valence-electron chi connectivity index (χ2n) is 3.76. The van der Waals surface area contributed by atoms with Gasteiger partial charge in [0.05, 0.1) is 12.2 Å². The Kier molecular flexibility index (Phi) is 5.56. The summed E-state index contributed by atoms with van der Waals surface area (Å²) in [6.45, 7) is 4.00. The Morgan fingerprint density at radius 2 is 2.31 bits per heavy atom. The first-order valence-electron chi connectivity index (χ1n) is 5.68. The van der Waals surface area contributed by atoms with Crippen LogP contribution in [-0.2, 0) is 18.3 Å². The summed E-state index contributed by atoms with van der Waals surface area (Å²) >= 11 is 0. The average molecular weight is 224 g/mol. The van der Waals surface area contributed by atoms with Gasteiger partial charge in [-0.15, -0.1) is 0 Å². The first kappa shape index (κ1) is 12.7. The van der Waals surface area contributed by atoms with Crippen LogP contribution in [0.25, 0.3) is 0 Å². The molecule has 0 atom stereocenters. The smallest absolute Gasteiger partial charge is 0.233 e. The van der Waals surface area contributed by atoms with Gasteiger partial charge in [-0.3, -0.25) is 9.48 Å². The predicted molar refractivity (Wildman–Crippen MR) is 63.1 cm³/mol. The molecule has 1 aromatic heterocycles. The third-order valence-electron chi connectivity index (χ3n) is 2.18. The van der Waals surface area contributed by atoms with Crippen molar-refractivity contribution in [3.8, 4) is 0 Å². The summed E-state index contributed by atoms with van der Waals surface area (Å²) in [5.41, 5.74) is 1.00. The lowest BCUT2D eigenvalue weighted by Crippen LogP contribution is -2.35. The van der Waals surface area contributed by atoms with Crippen LogP contribution in [0.5, 0.6) is 0 Å². The molecule has 1 amide bonds. The number of aromatic nitrogens is 2. The maximum Gasteiger partial charge on any atom is 0.233 e. The molecule has 0 aliphatic carbocycles. The first-order valence-corrected chi connectivity index (χ1v) is 5.68. The Morgan fingerprint density at radius 1 is 1.50 bits per heavy atom. The van der Waals surface area contributed by atoms with Gasteiger partial charge in [0.25, 0.3) is 0 Å². The van der Waals surface area contributed by atoms with E-state index in [2.05, 4.69) is 22.7 Å². The van der Waals surface area contributed by atoms with Crippen molar-refractivity contribution in [2.75, 3.05) is 19.6 Å². The second-order valence-corrected chi connectivity index (χ2v) is 3.76. The van der Waals surface area contributed by atoms with Crippen LogP contribution in [0.3, 0.4) is 0 Å². The quantitative estimate of drug-likeness (QED) is 0.645. The lowest BCUT2D eigenvalue weighted by Gasteiger charge is -2.04. The van der Waals surface area contributed by atoms with E-state index in [-0.39, 0.29) is 5.91 Å². The van der Waals surface area contributed by atoms with Crippen LogP contribution >= 0.6 is 0 Å². The van der Waals surface area contributed by atoms with E-state index >= 15 is 0 Å². The summed E-state index contributed by atoms with van der Waals surface area (Å²) in [6.07, 6.45) is 3.72. The van der Waals surface area contributed by atoms with Gasteiger partial charge in [-0.05, 0) is 19.0 Å². The summed E-state index contributed by atoms with van der Waals surface area (Å²) < 4.78 is 1.76. The largest absolute Gasteiger partial charge is 0.355 e. The van der Waals surface area contributed by atoms with E-state index in [9.17, 15) is 4.79 Å². The number of nitrogens with zero attached hydrogens (tertiary/aromatic N) is 2. The van der Waals surface area contributed by atoms with Crippen LogP contribution in [-0.4, -0.2) is 35.3 Å². The standard InChI is InChI=1S/C11H20N4O/c1-3-6-12-9-11(16)13-7-4-10-5-8-15(2)14-10/h5,8,12H,3-4,6-7,9H2,1-2H3,(H,13,16). The minimum atomic E-state index is 0.0457. The van der Waals surface area contributed by atoms with Gasteiger partial charge in [0.15, 0.2) is 0 Å². The fourth-order valence-electron chi connectivity index (χ4n) is 1.37. The number of carbonyl (C=O) groups excluding carboxylic acids is 1. The lowest BCUT2D eigenvalue weighted by atomic mass is 10.3. The fraction of sp³-hybridized carbons (Fsp3) is 0.636. The van der Waals surface area contributed by atoms with Crippen molar-refractivity contribution in [3.63, 3.8) is 0 Å². The van der Waals surface area contributed by atoms with E-state index in [0.29, 0.717) is 13.1 Å². The zero-order valence-corrected chi connectivity index (χ0v) is 9.99. The van der Waals surface area contributed by atoms with Crippen LogP contribution in [0, 0.1) is 0 Å². The summed E-state index contributed by atoms with van der Waals surface area (Å²) in [7, 11) is 1.89. The number of amides is 1. The normalized spacial score (nSPS) is 10.4. The van der Waals surface area contributed by atoms with Crippen LogP contribution < -0.4 is 10.6 Å². The predicted octanol–water partition coefficient (Wildman–Crippen LogP) is 0.0784. The number of hydrogen-bond acceptors (Lipinski definition) is 3. The van der Waals surface area contributed by atoms with Crippen molar-refractivity contribution < 1.29 is 4.79 Å². The van der Waals surface area contributed by atoms with Gasteiger partial charge in [0.1, 0.15) is 0 Å². The zero-order chi connectivity index (χ0) is 11.8. The molecule has 0 aliphatic rings. The molecule has 1 heterocycles. The van der Waals surface area contributed by atoms with Crippen molar-refractivity contribution in [2.24, 2.45) is 7.05 Å². The SMILES string of the molecule is CCCNCC(=O)NCCc1ccn(C)n1. The zero-order valence-electron chi connectivity index (χ0n) is 9.99. The Morgan fingerprint density at radius 3 is 2.94 bits per heavy atom. The van der Waals surface area contributed by atoms with Gasteiger partial charge in [-0.25, -0.2) is 0 Å². The van der Waals surface area contributed by atoms with Crippen molar-refractivity contribution in [3.05, 3.63) is 18.0 Å². The number of rotatable bonds is 7. The summed E-state index contributed by atoms with van der Waals surface area (Å²) in [5, 5.41) is 10.1.